The van der Waals surface area contributed by atoms with Gasteiger partial charge in [0, 0.05) is 0 Å². The molecule has 0 fully saturated rings. The largest absolute Gasteiger partial charge is 0.478 e. The standard InChI is InChI=1S/C16H23NO/c1-5-13(12-9-7-6-8-10-12)15-17-14(11-18-15)16(2,3)4/h6-10,13-14H,5,11H2,1-4H3/t13?,14-/m1/s1. The highest BCUT2D eigenvalue weighted by Gasteiger charge is 2.32. The number of hydrogen-bond acceptors (Lipinski definition) is 2. The Morgan fingerprint density at radius 3 is 2.44 bits per heavy atom. The fraction of sp³-hybridized carbons (Fsp3) is 0.562. The van der Waals surface area contributed by atoms with Crippen LogP contribution in [-0.4, -0.2) is 18.5 Å². The summed E-state index contributed by atoms with van der Waals surface area (Å²) in [5.74, 6) is 1.22. The van der Waals surface area contributed by atoms with Gasteiger partial charge in [0.1, 0.15) is 6.61 Å². The molecule has 0 N–H and O–H groups in total. The molecule has 0 radical (unpaired) electrons. The first kappa shape index (κ1) is 13.1. The maximum atomic E-state index is 5.85. The Bertz CT molecular complexity index is 416. The second-order valence-corrected chi connectivity index (χ2v) is 6.03. The van der Waals surface area contributed by atoms with Crippen molar-refractivity contribution in [3.05, 3.63) is 35.9 Å². The van der Waals surface area contributed by atoms with E-state index in [4.69, 9.17) is 9.73 Å². The maximum Gasteiger partial charge on any atom is 0.191 e. The van der Waals surface area contributed by atoms with Crippen molar-refractivity contribution in [2.45, 2.75) is 46.1 Å². The monoisotopic (exact) mass is 245 g/mol. The Labute approximate surface area is 110 Å². The second-order valence-electron chi connectivity index (χ2n) is 6.03. The van der Waals surface area contributed by atoms with Crippen molar-refractivity contribution in [1.82, 2.24) is 0 Å². The summed E-state index contributed by atoms with van der Waals surface area (Å²) in [6, 6.07) is 10.8. The molecule has 1 aliphatic heterocycles. The Kier molecular flexibility index (Phi) is 3.74. The molecule has 2 atom stereocenters. The number of aliphatic imine (C=N–C) groups is 1. The van der Waals surface area contributed by atoms with Crippen molar-refractivity contribution in [2.75, 3.05) is 6.61 Å². The van der Waals surface area contributed by atoms with Crippen molar-refractivity contribution in [3.63, 3.8) is 0 Å². The zero-order valence-corrected chi connectivity index (χ0v) is 11.8. The van der Waals surface area contributed by atoms with Gasteiger partial charge in [-0.15, -0.1) is 0 Å². The highest BCUT2D eigenvalue weighted by molar-refractivity contribution is 5.85. The van der Waals surface area contributed by atoms with Crippen LogP contribution in [0.25, 0.3) is 0 Å². The fourth-order valence-electron chi connectivity index (χ4n) is 2.26. The van der Waals surface area contributed by atoms with Crippen molar-refractivity contribution in [1.29, 1.82) is 0 Å². The summed E-state index contributed by atoms with van der Waals surface area (Å²) in [5.41, 5.74) is 1.48. The average Bonchev–Trinajstić information content (AvgIpc) is 2.81. The van der Waals surface area contributed by atoms with Crippen LogP contribution in [-0.2, 0) is 4.74 Å². The number of hydrogen-bond donors (Lipinski definition) is 0. The van der Waals surface area contributed by atoms with Crippen molar-refractivity contribution in [2.24, 2.45) is 10.4 Å². The smallest absolute Gasteiger partial charge is 0.191 e. The molecule has 98 valence electrons. The molecule has 0 aromatic heterocycles. The highest BCUT2D eigenvalue weighted by atomic mass is 16.5. The predicted octanol–water partition coefficient (Wildman–Crippen LogP) is 4.02. The Balaban J connectivity index is 2.21. The van der Waals surface area contributed by atoms with Crippen LogP contribution in [0.3, 0.4) is 0 Å². The summed E-state index contributed by atoms with van der Waals surface area (Å²) in [6.45, 7) is 9.57. The van der Waals surface area contributed by atoms with Gasteiger partial charge in [0.05, 0.1) is 12.0 Å². The quantitative estimate of drug-likeness (QED) is 0.788. The van der Waals surface area contributed by atoms with E-state index in [1.54, 1.807) is 0 Å². The molecule has 2 nitrogen and oxygen atoms in total. The number of benzene rings is 1. The number of ether oxygens (including phenoxy) is 1. The molecule has 0 spiro atoms. The molecule has 1 aromatic carbocycles. The van der Waals surface area contributed by atoms with Gasteiger partial charge < -0.3 is 4.74 Å². The minimum atomic E-state index is 0.177. The van der Waals surface area contributed by atoms with Crippen LogP contribution in [0.4, 0.5) is 0 Å². The topological polar surface area (TPSA) is 21.6 Å². The first-order valence-corrected chi connectivity index (χ1v) is 6.77. The summed E-state index contributed by atoms with van der Waals surface area (Å²) < 4.78 is 5.85. The fourth-order valence-corrected chi connectivity index (χ4v) is 2.26. The van der Waals surface area contributed by atoms with Gasteiger partial charge in [0.2, 0.25) is 0 Å². The maximum absolute atomic E-state index is 5.85. The Morgan fingerprint density at radius 1 is 1.28 bits per heavy atom. The van der Waals surface area contributed by atoms with E-state index in [0.717, 1.165) is 18.9 Å². The molecular weight excluding hydrogens is 222 g/mol. The van der Waals surface area contributed by atoms with Crippen molar-refractivity contribution < 1.29 is 4.74 Å². The number of nitrogens with zero attached hydrogens (tertiary/aromatic N) is 1. The third kappa shape index (κ3) is 2.74. The summed E-state index contributed by atoms with van der Waals surface area (Å²) >= 11 is 0. The molecule has 1 heterocycles. The van der Waals surface area contributed by atoms with Crippen LogP contribution in [0.5, 0.6) is 0 Å². The van der Waals surface area contributed by atoms with Gasteiger partial charge in [0.25, 0.3) is 0 Å². The van der Waals surface area contributed by atoms with Gasteiger partial charge in [-0.3, -0.25) is 0 Å². The molecule has 1 aromatic rings. The molecular formula is C16H23NO. The van der Waals surface area contributed by atoms with Crippen LogP contribution in [0.15, 0.2) is 35.3 Å². The first-order chi connectivity index (χ1) is 8.52. The normalized spacial score (nSPS) is 21.3. The SMILES string of the molecule is CCC(C1=N[C@@H](C(C)(C)C)CO1)c1ccccc1. The van der Waals surface area contributed by atoms with Crippen LogP contribution < -0.4 is 0 Å². The van der Waals surface area contributed by atoms with E-state index < -0.39 is 0 Å². The lowest BCUT2D eigenvalue weighted by Gasteiger charge is -2.22. The first-order valence-electron chi connectivity index (χ1n) is 6.77. The van der Waals surface area contributed by atoms with Crippen molar-refractivity contribution in [3.8, 4) is 0 Å². The van der Waals surface area contributed by atoms with E-state index >= 15 is 0 Å². The molecule has 0 bridgehead atoms. The molecule has 18 heavy (non-hydrogen) atoms. The summed E-state index contributed by atoms with van der Waals surface area (Å²) in [5, 5.41) is 0. The van der Waals surface area contributed by atoms with Gasteiger partial charge >= 0.3 is 0 Å². The van der Waals surface area contributed by atoms with Crippen LogP contribution in [0.2, 0.25) is 0 Å². The summed E-state index contributed by atoms with van der Waals surface area (Å²) in [6.07, 6.45) is 1.03. The molecule has 2 rings (SSSR count). The lowest BCUT2D eigenvalue weighted by Crippen LogP contribution is -2.25. The van der Waals surface area contributed by atoms with Gasteiger partial charge in [-0.2, -0.15) is 0 Å². The van der Waals surface area contributed by atoms with E-state index in [1.165, 1.54) is 5.56 Å². The van der Waals surface area contributed by atoms with Crippen LogP contribution in [0.1, 0.15) is 45.6 Å². The second kappa shape index (κ2) is 5.13. The van der Waals surface area contributed by atoms with Crippen molar-refractivity contribution >= 4 is 5.90 Å². The van der Waals surface area contributed by atoms with Gasteiger partial charge in [0.15, 0.2) is 5.90 Å². The average molecular weight is 245 g/mol. The zero-order valence-electron chi connectivity index (χ0n) is 11.8. The van der Waals surface area contributed by atoms with Gasteiger partial charge in [-0.05, 0) is 17.4 Å². The molecule has 0 aliphatic carbocycles. The minimum absolute atomic E-state index is 0.177. The predicted molar refractivity (Wildman–Crippen MR) is 76.1 cm³/mol. The molecule has 2 heteroatoms. The van der Waals surface area contributed by atoms with E-state index in [0.29, 0.717) is 5.92 Å². The van der Waals surface area contributed by atoms with Gasteiger partial charge in [-0.1, -0.05) is 58.0 Å². The van der Waals surface area contributed by atoms with E-state index in [2.05, 4.69) is 52.0 Å². The molecule has 0 saturated heterocycles. The zero-order chi connectivity index (χ0) is 13.2. The summed E-state index contributed by atoms with van der Waals surface area (Å²) in [4.78, 5) is 4.80. The lowest BCUT2D eigenvalue weighted by molar-refractivity contribution is 0.231. The molecule has 0 amide bonds. The van der Waals surface area contributed by atoms with E-state index in [9.17, 15) is 0 Å². The third-order valence-corrected chi connectivity index (χ3v) is 3.58. The van der Waals surface area contributed by atoms with E-state index in [-0.39, 0.29) is 11.5 Å². The highest BCUT2D eigenvalue weighted by Crippen LogP contribution is 2.31. The van der Waals surface area contributed by atoms with E-state index in [1.807, 2.05) is 6.07 Å². The number of rotatable bonds is 3. The molecule has 1 unspecified atom stereocenters. The Hall–Kier alpha value is -1.31. The lowest BCUT2D eigenvalue weighted by atomic mass is 9.88. The Morgan fingerprint density at radius 2 is 1.94 bits per heavy atom. The van der Waals surface area contributed by atoms with Gasteiger partial charge in [-0.25, -0.2) is 4.99 Å². The molecule has 1 aliphatic rings. The van der Waals surface area contributed by atoms with Crippen LogP contribution in [0, 0.1) is 5.41 Å². The van der Waals surface area contributed by atoms with Crippen LogP contribution >= 0.6 is 0 Å². The molecule has 0 saturated carbocycles. The third-order valence-electron chi connectivity index (χ3n) is 3.58. The summed E-state index contributed by atoms with van der Waals surface area (Å²) in [7, 11) is 0. The minimum Gasteiger partial charge on any atom is -0.478 e.